The van der Waals surface area contributed by atoms with E-state index in [1.165, 1.54) is 11.3 Å². The minimum Gasteiger partial charge on any atom is -0.378 e. The smallest absolute Gasteiger partial charge is 0.275 e. The fourth-order valence-electron chi connectivity index (χ4n) is 3.45. The van der Waals surface area contributed by atoms with Crippen molar-refractivity contribution in [2.45, 2.75) is 31.9 Å². The van der Waals surface area contributed by atoms with E-state index in [2.05, 4.69) is 35.6 Å². The van der Waals surface area contributed by atoms with Crippen LogP contribution in [0.15, 0.2) is 42.4 Å². The van der Waals surface area contributed by atoms with Crippen LogP contribution in [-0.4, -0.2) is 53.5 Å². The molecule has 0 unspecified atom stereocenters. The lowest BCUT2D eigenvalue weighted by atomic mass is 9.89. The second-order valence-electron chi connectivity index (χ2n) is 7.13. The lowest BCUT2D eigenvalue weighted by molar-refractivity contribution is -0.0226. The zero-order valence-corrected chi connectivity index (χ0v) is 17.5. The molecule has 31 heavy (non-hydrogen) atoms. The normalized spacial score (nSPS) is 18.0. The Balaban J connectivity index is 1.39. The van der Waals surface area contributed by atoms with E-state index >= 15 is 0 Å². The first-order valence-electron chi connectivity index (χ1n) is 9.95. The lowest BCUT2D eigenvalue weighted by Crippen LogP contribution is -2.33. The van der Waals surface area contributed by atoms with E-state index in [1.54, 1.807) is 36.2 Å². The van der Waals surface area contributed by atoms with Gasteiger partial charge in [0.15, 0.2) is 11.5 Å². The Hall–Kier alpha value is -3.44. The molecule has 158 valence electrons. The van der Waals surface area contributed by atoms with Crippen LogP contribution in [0.5, 0.6) is 0 Å². The molecule has 2 N–H and O–H groups in total. The minimum absolute atomic E-state index is 0.219. The van der Waals surface area contributed by atoms with Crippen LogP contribution >= 0.6 is 11.3 Å². The van der Waals surface area contributed by atoms with Crippen LogP contribution in [0.2, 0.25) is 0 Å². The summed E-state index contributed by atoms with van der Waals surface area (Å²) >= 11 is 1.38. The number of rotatable bonds is 7. The molecule has 4 aromatic heterocycles. The molecular formula is C20H20N8O2S. The molecule has 1 fully saturated rings. The van der Waals surface area contributed by atoms with Crippen molar-refractivity contribution in [3.63, 3.8) is 0 Å². The van der Waals surface area contributed by atoms with Crippen LogP contribution in [0.3, 0.4) is 0 Å². The molecule has 10 nitrogen and oxygen atoms in total. The van der Waals surface area contributed by atoms with Crippen LogP contribution in [0.1, 0.15) is 36.3 Å². The Kier molecular flexibility index (Phi) is 5.26. The number of ether oxygens (including phenoxy) is 1. The number of anilines is 1. The molecule has 1 saturated carbocycles. The molecule has 4 heterocycles. The number of hydrogen-bond donors (Lipinski definition) is 2. The molecule has 1 aliphatic rings. The molecule has 5 rings (SSSR count). The van der Waals surface area contributed by atoms with Crippen LogP contribution < -0.4 is 5.32 Å². The van der Waals surface area contributed by atoms with Gasteiger partial charge < -0.3 is 10.1 Å². The average Bonchev–Trinajstić information content (AvgIpc) is 3.51. The summed E-state index contributed by atoms with van der Waals surface area (Å²) in [6.45, 7) is 2.70. The molecule has 1 amide bonds. The maximum Gasteiger partial charge on any atom is 0.275 e. The summed E-state index contributed by atoms with van der Waals surface area (Å²) in [6, 6.07) is 1.96. The van der Waals surface area contributed by atoms with Crippen molar-refractivity contribution in [1.82, 2.24) is 34.9 Å². The van der Waals surface area contributed by atoms with Crippen LogP contribution in [0.25, 0.3) is 22.1 Å². The van der Waals surface area contributed by atoms with E-state index in [1.807, 2.05) is 17.8 Å². The molecule has 4 aromatic rings. The third-order valence-corrected chi connectivity index (χ3v) is 5.98. The number of thiazole rings is 1. The maximum atomic E-state index is 12.9. The Bertz CT molecular complexity index is 1170. The third kappa shape index (κ3) is 3.97. The molecule has 0 aromatic carbocycles. The predicted octanol–water partition coefficient (Wildman–Crippen LogP) is 3.18. The highest BCUT2D eigenvalue weighted by Crippen LogP contribution is 2.36. The second kappa shape index (κ2) is 8.36. The summed E-state index contributed by atoms with van der Waals surface area (Å²) in [7, 11) is 0. The third-order valence-electron chi connectivity index (χ3n) is 5.09. The number of nitrogens with zero attached hydrogens (tertiary/aromatic N) is 6. The van der Waals surface area contributed by atoms with Crippen molar-refractivity contribution in [2.24, 2.45) is 0 Å². The van der Waals surface area contributed by atoms with Crippen molar-refractivity contribution in [3.8, 4) is 22.1 Å². The average molecular weight is 437 g/mol. The van der Waals surface area contributed by atoms with Gasteiger partial charge in [-0.05, 0) is 25.8 Å². The largest absolute Gasteiger partial charge is 0.378 e. The fraction of sp³-hybridized carbons (Fsp3) is 0.300. The summed E-state index contributed by atoms with van der Waals surface area (Å²) in [5.41, 5.74) is 2.24. The van der Waals surface area contributed by atoms with E-state index in [9.17, 15) is 4.79 Å². The number of hydrogen-bond acceptors (Lipinski definition) is 8. The van der Waals surface area contributed by atoms with Crippen molar-refractivity contribution >= 4 is 22.9 Å². The molecular weight excluding hydrogens is 416 g/mol. The summed E-state index contributed by atoms with van der Waals surface area (Å²) < 4.78 is 7.53. The van der Waals surface area contributed by atoms with Crippen molar-refractivity contribution in [2.75, 3.05) is 11.9 Å². The highest BCUT2D eigenvalue weighted by Gasteiger charge is 2.33. The van der Waals surface area contributed by atoms with Gasteiger partial charge in [0.25, 0.3) is 5.91 Å². The Labute approximate surface area is 181 Å². The first-order valence-corrected chi connectivity index (χ1v) is 10.8. The molecule has 0 spiro atoms. The van der Waals surface area contributed by atoms with E-state index in [0.29, 0.717) is 29.5 Å². The number of carbonyl (C=O) groups excluding carboxylic acids is 1. The maximum absolute atomic E-state index is 12.9. The standard InChI is InChI=1S/C20H20N8O2S/c1-2-30-14-6-13(7-14)28-10-15(17(27-28)18-21-4-3-5-22-18)25-19(29)16-11-31-20(26-16)12-8-23-24-9-12/h3-5,8-11,13-14H,2,6-7H2,1H3,(H,23,24)(H,25,29). The number of H-pyrrole nitrogens is 1. The summed E-state index contributed by atoms with van der Waals surface area (Å²) in [5, 5.41) is 16.7. The van der Waals surface area contributed by atoms with Gasteiger partial charge in [-0.15, -0.1) is 11.3 Å². The van der Waals surface area contributed by atoms with Crippen LogP contribution in [0, 0.1) is 0 Å². The van der Waals surface area contributed by atoms with Gasteiger partial charge in [0.1, 0.15) is 10.7 Å². The first-order chi connectivity index (χ1) is 15.2. The monoisotopic (exact) mass is 436 g/mol. The summed E-state index contributed by atoms with van der Waals surface area (Å²) in [6.07, 6.45) is 10.6. The van der Waals surface area contributed by atoms with Gasteiger partial charge in [-0.25, -0.2) is 15.0 Å². The number of aromatic amines is 1. The van der Waals surface area contributed by atoms with Gasteiger partial charge in [-0.3, -0.25) is 14.6 Å². The minimum atomic E-state index is -0.316. The van der Waals surface area contributed by atoms with E-state index < -0.39 is 0 Å². The van der Waals surface area contributed by atoms with Crippen molar-refractivity contribution in [3.05, 3.63) is 48.1 Å². The van der Waals surface area contributed by atoms with Gasteiger partial charge in [0, 0.05) is 42.3 Å². The predicted molar refractivity (Wildman–Crippen MR) is 115 cm³/mol. The zero-order valence-electron chi connectivity index (χ0n) is 16.7. The fourth-order valence-corrected chi connectivity index (χ4v) is 4.23. The van der Waals surface area contributed by atoms with E-state index in [-0.39, 0.29) is 18.1 Å². The molecule has 0 aliphatic heterocycles. The van der Waals surface area contributed by atoms with Crippen LogP contribution in [-0.2, 0) is 4.74 Å². The van der Waals surface area contributed by atoms with Gasteiger partial charge >= 0.3 is 0 Å². The second-order valence-corrected chi connectivity index (χ2v) is 7.98. The Morgan fingerprint density at radius 3 is 2.94 bits per heavy atom. The molecule has 1 aliphatic carbocycles. The summed E-state index contributed by atoms with van der Waals surface area (Å²) in [4.78, 5) is 25.9. The number of amides is 1. The zero-order chi connectivity index (χ0) is 21.2. The lowest BCUT2D eigenvalue weighted by Gasteiger charge is -2.34. The SMILES string of the molecule is CCOC1CC(n2cc(NC(=O)c3csc(-c4cn[nH]c4)n3)c(-c3ncccn3)n2)C1. The van der Waals surface area contributed by atoms with Gasteiger partial charge in [-0.2, -0.15) is 10.2 Å². The van der Waals surface area contributed by atoms with E-state index in [0.717, 1.165) is 23.4 Å². The summed E-state index contributed by atoms with van der Waals surface area (Å²) in [5.74, 6) is 0.137. The Morgan fingerprint density at radius 1 is 1.35 bits per heavy atom. The Morgan fingerprint density at radius 2 is 2.19 bits per heavy atom. The topological polar surface area (TPSA) is 124 Å². The quantitative estimate of drug-likeness (QED) is 0.456. The van der Waals surface area contributed by atoms with Crippen molar-refractivity contribution < 1.29 is 9.53 Å². The number of aromatic nitrogens is 7. The number of nitrogens with one attached hydrogen (secondary N) is 2. The van der Waals surface area contributed by atoms with Crippen LogP contribution in [0.4, 0.5) is 5.69 Å². The molecule has 0 saturated heterocycles. The first kappa shape index (κ1) is 19.5. The van der Waals surface area contributed by atoms with Gasteiger partial charge in [0.05, 0.1) is 24.0 Å². The molecule has 0 atom stereocenters. The highest BCUT2D eigenvalue weighted by molar-refractivity contribution is 7.13. The molecule has 0 radical (unpaired) electrons. The van der Waals surface area contributed by atoms with Gasteiger partial charge in [-0.1, -0.05) is 0 Å². The molecule has 11 heteroatoms. The van der Waals surface area contributed by atoms with Gasteiger partial charge in [0.2, 0.25) is 0 Å². The van der Waals surface area contributed by atoms with E-state index in [4.69, 9.17) is 4.74 Å². The molecule has 0 bridgehead atoms. The number of carbonyl (C=O) groups is 1. The highest BCUT2D eigenvalue weighted by atomic mass is 32.1. The van der Waals surface area contributed by atoms with Crippen molar-refractivity contribution in [1.29, 1.82) is 0 Å².